The van der Waals surface area contributed by atoms with E-state index in [0.717, 1.165) is 22.7 Å². The Labute approximate surface area is 122 Å². The normalized spacial score (nSPS) is 11.3. The second kappa shape index (κ2) is 6.13. The van der Waals surface area contributed by atoms with E-state index >= 15 is 0 Å². The predicted molar refractivity (Wildman–Crippen MR) is 78.8 cm³/mol. The van der Waals surface area contributed by atoms with Crippen LogP contribution in [-0.4, -0.2) is 22.5 Å². The number of rotatable bonds is 5. The minimum absolute atomic E-state index is 0.235. The number of aromatic nitrogens is 2. The highest BCUT2D eigenvalue weighted by molar-refractivity contribution is 7.09. The van der Waals surface area contributed by atoms with Gasteiger partial charge in [-0.15, -0.1) is 11.3 Å². The van der Waals surface area contributed by atoms with E-state index in [2.05, 4.69) is 9.97 Å². The lowest BCUT2D eigenvalue weighted by Gasteiger charge is -2.19. The maximum Gasteiger partial charge on any atom is 0.317 e. The third kappa shape index (κ3) is 3.22. The average molecular weight is 290 g/mol. The SMILES string of the molecule is CCOC(=O)C(C)(C)c1csc(Cc2ccncc2)n1. The molecule has 0 atom stereocenters. The molecule has 4 nitrogen and oxygen atoms in total. The molecule has 2 heterocycles. The first kappa shape index (κ1) is 14.7. The highest BCUT2D eigenvalue weighted by atomic mass is 32.1. The number of carbonyl (C=O) groups is 1. The minimum Gasteiger partial charge on any atom is -0.465 e. The van der Waals surface area contributed by atoms with Crippen LogP contribution >= 0.6 is 11.3 Å². The van der Waals surface area contributed by atoms with Crippen LogP contribution < -0.4 is 0 Å². The van der Waals surface area contributed by atoms with Crippen molar-refractivity contribution in [3.63, 3.8) is 0 Å². The monoisotopic (exact) mass is 290 g/mol. The molecule has 2 aromatic rings. The summed E-state index contributed by atoms with van der Waals surface area (Å²) in [5.74, 6) is -0.235. The Morgan fingerprint density at radius 1 is 1.35 bits per heavy atom. The van der Waals surface area contributed by atoms with E-state index in [1.54, 1.807) is 23.7 Å². The largest absolute Gasteiger partial charge is 0.465 e. The fourth-order valence-electron chi connectivity index (χ4n) is 1.77. The van der Waals surface area contributed by atoms with Crippen LogP contribution in [0.15, 0.2) is 29.9 Å². The minimum atomic E-state index is -0.705. The number of hydrogen-bond donors (Lipinski definition) is 0. The molecule has 0 aliphatic heterocycles. The molecule has 0 saturated carbocycles. The van der Waals surface area contributed by atoms with Crippen molar-refractivity contribution < 1.29 is 9.53 Å². The Hall–Kier alpha value is -1.75. The lowest BCUT2D eigenvalue weighted by molar-refractivity contribution is -0.148. The maximum absolute atomic E-state index is 12.0. The van der Waals surface area contributed by atoms with Crippen molar-refractivity contribution in [3.8, 4) is 0 Å². The van der Waals surface area contributed by atoms with E-state index < -0.39 is 5.41 Å². The molecule has 0 aliphatic rings. The van der Waals surface area contributed by atoms with E-state index in [1.807, 2.05) is 38.3 Å². The van der Waals surface area contributed by atoms with Gasteiger partial charge in [-0.3, -0.25) is 9.78 Å². The van der Waals surface area contributed by atoms with Gasteiger partial charge in [0.1, 0.15) is 5.41 Å². The molecule has 0 amide bonds. The molecule has 0 saturated heterocycles. The van der Waals surface area contributed by atoms with Gasteiger partial charge in [-0.05, 0) is 38.5 Å². The van der Waals surface area contributed by atoms with Crippen LogP contribution in [0.4, 0.5) is 0 Å². The molecule has 106 valence electrons. The number of hydrogen-bond acceptors (Lipinski definition) is 5. The van der Waals surface area contributed by atoms with Crippen molar-refractivity contribution in [1.29, 1.82) is 0 Å². The standard InChI is InChI=1S/C15H18N2O2S/c1-4-19-14(18)15(2,3)12-10-20-13(17-12)9-11-5-7-16-8-6-11/h5-8,10H,4,9H2,1-3H3. The third-order valence-corrected chi connectivity index (χ3v) is 3.93. The van der Waals surface area contributed by atoms with Gasteiger partial charge in [0, 0.05) is 24.2 Å². The molecular formula is C15H18N2O2S. The lowest BCUT2D eigenvalue weighted by Crippen LogP contribution is -2.31. The highest BCUT2D eigenvalue weighted by Crippen LogP contribution is 2.27. The second-order valence-electron chi connectivity index (χ2n) is 5.00. The molecule has 0 fully saturated rings. The first-order valence-corrected chi connectivity index (χ1v) is 7.43. The Balaban J connectivity index is 2.14. The summed E-state index contributed by atoms with van der Waals surface area (Å²) in [6.45, 7) is 5.88. The number of pyridine rings is 1. The van der Waals surface area contributed by atoms with E-state index in [-0.39, 0.29) is 5.97 Å². The number of carbonyl (C=O) groups excluding carboxylic acids is 1. The number of esters is 1. The molecule has 0 aliphatic carbocycles. The molecule has 2 rings (SSSR count). The Kier molecular flexibility index (Phi) is 4.49. The van der Waals surface area contributed by atoms with Crippen molar-refractivity contribution >= 4 is 17.3 Å². The molecule has 5 heteroatoms. The van der Waals surface area contributed by atoms with Crippen molar-refractivity contribution in [2.24, 2.45) is 0 Å². The van der Waals surface area contributed by atoms with Gasteiger partial charge in [-0.25, -0.2) is 4.98 Å². The Morgan fingerprint density at radius 2 is 2.05 bits per heavy atom. The van der Waals surface area contributed by atoms with Gasteiger partial charge in [-0.1, -0.05) is 0 Å². The van der Waals surface area contributed by atoms with E-state index in [4.69, 9.17) is 4.74 Å². The van der Waals surface area contributed by atoms with Gasteiger partial charge in [0.25, 0.3) is 0 Å². The van der Waals surface area contributed by atoms with Gasteiger partial charge >= 0.3 is 5.97 Å². The quantitative estimate of drug-likeness (QED) is 0.794. The Bertz CT molecular complexity index is 579. The molecule has 0 N–H and O–H groups in total. The molecule has 2 aromatic heterocycles. The van der Waals surface area contributed by atoms with Crippen LogP contribution in [0, 0.1) is 0 Å². The summed E-state index contributed by atoms with van der Waals surface area (Å²) in [5, 5.41) is 2.93. The first-order valence-electron chi connectivity index (χ1n) is 6.55. The van der Waals surface area contributed by atoms with E-state index in [9.17, 15) is 4.79 Å². The topological polar surface area (TPSA) is 52.1 Å². The zero-order valence-corrected chi connectivity index (χ0v) is 12.7. The summed E-state index contributed by atoms with van der Waals surface area (Å²) in [5.41, 5.74) is 1.23. The van der Waals surface area contributed by atoms with Crippen LogP contribution in [-0.2, 0) is 21.4 Å². The van der Waals surface area contributed by atoms with Crippen LogP contribution in [0.2, 0.25) is 0 Å². The average Bonchev–Trinajstić information content (AvgIpc) is 2.89. The molecule has 20 heavy (non-hydrogen) atoms. The molecule has 0 unspecified atom stereocenters. The van der Waals surface area contributed by atoms with Crippen LogP contribution in [0.25, 0.3) is 0 Å². The molecule has 0 aromatic carbocycles. The van der Waals surface area contributed by atoms with Crippen molar-refractivity contribution in [2.75, 3.05) is 6.61 Å². The first-order chi connectivity index (χ1) is 9.54. The summed E-state index contributed by atoms with van der Waals surface area (Å²) >= 11 is 1.57. The van der Waals surface area contributed by atoms with Crippen molar-refractivity contribution in [2.45, 2.75) is 32.6 Å². The Morgan fingerprint density at radius 3 is 2.70 bits per heavy atom. The number of thiazole rings is 1. The fraction of sp³-hybridized carbons (Fsp3) is 0.400. The van der Waals surface area contributed by atoms with Gasteiger partial charge < -0.3 is 4.74 Å². The van der Waals surface area contributed by atoms with Gasteiger partial charge in [0.05, 0.1) is 17.3 Å². The van der Waals surface area contributed by atoms with Gasteiger partial charge in [-0.2, -0.15) is 0 Å². The van der Waals surface area contributed by atoms with Crippen LogP contribution in [0.3, 0.4) is 0 Å². The zero-order valence-electron chi connectivity index (χ0n) is 11.9. The zero-order chi connectivity index (χ0) is 14.6. The smallest absolute Gasteiger partial charge is 0.317 e. The summed E-state index contributed by atoms with van der Waals surface area (Å²) in [6, 6.07) is 3.94. The van der Waals surface area contributed by atoms with E-state index in [1.165, 1.54) is 0 Å². The summed E-state index contributed by atoms with van der Waals surface area (Å²) in [7, 11) is 0. The van der Waals surface area contributed by atoms with Crippen LogP contribution in [0.1, 0.15) is 37.0 Å². The maximum atomic E-state index is 12.0. The van der Waals surface area contributed by atoms with E-state index in [0.29, 0.717) is 6.61 Å². The highest BCUT2D eigenvalue weighted by Gasteiger charge is 2.33. The number of nitrogens with zero attached hydrogens (tertiary/aromatic N) is 2. The third-order valence-electron chi connectivity index (χ3n) is 3.08. The molecule has 0 radical (unpaired) electrons. The van der Waals surface area contributed by atoms with Crippen LogP contribution in [0.5, 0.6) is 0 Å². The summed E-state index contributed by atoms with van der Waals surface area (Å²) < 4.78 is 5.11. The summed E-state index contributed by atoms with van der Waals surface area (Å²) in [4.78, 5) is 20.5. The molecule has 0 bridgehead atoms. The summed E-state index contributed by atoms with van der Waals surface area (Å²) in [6.07, 6.45) is 4.30. The molecule has 0 spiro atoms. The van der Waals surface area contributed by atoms with Gasteiger partial charge in [0.2, 0.25) is 0 Å². The van der Waals surface area contributed by atoms with Gasteiger partial charge in [0.15, 0.2) is 0 Å². The lowest BCUT2D eigenvalue weighted by atomic mass is 9.90. The second-order valence-corrected chi connectivity index (χ2v) is 5.95. The fourth-order valence-corrected chi connectivity index (χ4v) is 2.77. The number of ether oxygens (including phenoxy) is 1. The molecular weight excluding hydrogens is 272 g/mol. The van der Waals surface area contributed by atoms with Crippen molar-refractivity contribution in [3.05, 3.63) is 46.2 Å². The predicted octanol–water partition coefficient (Wildman–Crippen LogP) is 2.97. The van der Waals surface area contributed by atoms with Crippen molar-refractivity contribution in [1.82, 2.24) is 9.97 Å².